The van der Waals surface area contributed by atoms with Crippen LogP contribution in [-0.4, -0.2) is 60.7 Å². The Kier molecular flexibility index (Phi) is 6.69. The zero-order chi connectivity index (χ0) is 22.9. The van der Waals surface area contributed by atoms with Gasteiger partial charge in [0.15, 0.2) is 0 Å². The molecule has 7 nitrogen and oxygen atoms in total. The second-order valence-electron chi connectivity index (χ2n) is 7.53. The quantitative estimate of drug-likeness (QED) is 0.584. The molecule has 3 aromatic rings. The normalized spacial score (nSPS) is 16.7. The van der Waals surface area contributed by atoms with Gasteiger partial charge in [-0.2, -0.15) is 4.31 Å². The van der Waals surface area contributed by atoms with Gasteiger partial charge in [0.1, 0.15) is 4.90 Å². The molecule has 1 aromatic heterocycles. The molecule has 1 amide bonds. The van der Waals surface area contributed by atoms with Crippen LogP contribution in [0, 0.1) is 0 Å². The summed E-state index contributed by atoms with van der Waals surface area (Å²) in [5.74, 6) is -0.157. The Morgan fingerprint density at radius 1 is 1.03 bits per heavy atom. The fourth-order valence-electron chi connectivity index (χ4n) is 3.77. The van der Waals surface area contributed by atoms with Crippen molar-refractivity contribution in [3.8, 4) is 0 Å². The van der Waals surface area contributed by atoms with E-state index in [1.807, 2.05) is 42.2 Å². The predicted molar refractivity (Wildman–Crippen MR) is 127 cm³/mol. The largest absolute Gasteiger partial charge is 0.324 e. The van der Waals surface area contributed by atoms with Gasteiger partial charge in [-0.25, -0.2) is 8.42 Å². The molecule has 0 radical (unpaired) electrons. The summed E-state index contributed by atoms with van der Waals surface area (Å²) in [6, 6.07) is 13.4. The summed E-state index contributed by atoms with van der Waals surface area (Å²) in [5, 5.41) is 4.06. The topological polar surface area (TPSA) is 82.6 Å². The van der Waals surface area contributed by atoms with Crippen LogP contribution in [0.4, 0.5) is 5.69 Å². The van der Waals surface area contributed by atoms with Crippen molar-refractivity contribution in [2.24, 2.45) is 0 Å². The molecule has 1 N–H and O–H groups in total. The van der Waals surface area contributed by atoms with E-state index < -0.39 is 16.1 Å². The molecule has 0 spiro atoms. The minimum Gasteiger partial charge on any atom is -0.324 e. The fourth-order valence-corrected chi connectivity index (χ4v) is 5.93. The van der Waals surface area contributed by atoms with Crippen LogP contribution >= 0.6 is 23.2 Å². The van der Waals surface area contributed by atoms with Crippen molar-refractivity contribution in [2.75, 3.05) is 31.5 Å². The van der Waals surface area contributed by atoms with Crippen LogP contribution in [0.3, 0.4) is 0 Å². The molecule has 1 aliphatic heterocycles. The number of carbonyl (C=O) groups is 1. The van der Waals surface area contributed by atoms with Crippen LogP contribution < -0.4 is 5.32 Å². The zero-order valence-corrected chi connectivity index (χ0v) is 19.7. The molecule has 10 heteroatoms. The Bertz CT molecular complexity index is 1260. The van der Waals surface area contributed by atoms with Crippen LogP contribution in [0.25, 0.3) is 10.9 Å². The lowest BCUT2D eigenvalue weighted by molar-refractivity contribution is -0.121. The molecule has 0 saturated carbocycles. The Hall–Kier alpha value is -2.23. The summed E-state index contributed by atoms with van der Waals surface area (Å²) in [6.45, 7) is 3.16. The molecular formula is C22H22Cl2N4O3S. The highest BCUT2D eigenvalue weighted by molar-refractivity contribution is 7.89. The zero-order valence-electron chi connectivity index (χ0n) is 17.3. The second-order valence-corrected chi connectivity index (χ2v) is 10.2. The average Bonchev–Trinajstić information content (AvgIpc) is 2.80. The van der Waals surface area contributed by atoms with Crippen molar-refractivity contribution in [3.05, 3.63) is 64.8 Å². The number of benzene rings is 2. The number of sulfonamides is 1. The number of pyridine rings is 1. The van der Waals surface area contributed by atoms with Crippen molar-refractivity contribution >= 4 is 55.7 Å². The molecule has 1 unspecified atom stereocenters. The van der Waals surface area contributed by atoms with E-state index >= 15 is 0 Å². The molecule has 4 rings (SSSR count). The van der Waals surface area contributed by atoms with Gasteiger partial charge < -0.3 is 5.32 Å². The van der Waals surface area contributed by atoms with E-state index in [0.29, 0.717) is 18.8 Å². The minimum atomic E-state index is -3.77. The lowest BCUT2D eigenvalue weighted by Gasteiger charge is -2.36. The third kappa shape index (κ3) is 4.46. The van der Waals surface area contributed by atoms with E-state index in [2.05, 4.69) is 10.3 Å². The molecule has 2 aromatic carbocycles. The van der Waals surface area contributed by atoms with E-state index in [0.717, 1.165) is 10.9 Å². The van der Waals surface area contributed by atoms with Gasteiger partial charge in [0, 0.05) is 37.8 Å². The number of carbonyl (C=O) groups excluding carboxylic acids is 1. The summed E-state index contributed by atoms with van der Waals surface area (Å²) < 4.78 is 27.4. The van der Waals surface area contributed by atoms with E-state index in [1.54, 1.807) is 18.3 Å². The number of piperazine rings is 1. The first-order valence-electron chi connectivity index (χ1n) is 10.1. The molecule has 1 atom stereocenters. The van der Waals surface area contributed by atoms with Gasteiger partial charge in [0.05, 0.1) is 27.3 Å². The molecule has 1 aliphatic rings. The number of anilines is 1. The number of amides is 1. The minimum absolute atomic E-state index is 0.00419. The monoisotopic (exact) mass is 492 g/mol. The molecule has 0 bridgehead atoms. The summed E-state index contributed by atoms with van der Waals surface area (Å²) in [4.78, 5) is 19.2. The van der Waals surface area contributed by atoms with Crippen LogP contribution in [0.15, 0.2) is 59.6 Å². The number of aromatic nitrogens is 1. The SMILES string of the molecule is CC(C(=O)Nc1cccc2ncccc12)N1CCN(S(=O)(=O)c2cccc(Cl)c2Cl)CC1. The predicted octanol–water partition coefficient (Wildman–Crippen LogP) is 3.88. The van der Waals surface area contributed by atoms with E-state index in [-0.39, 0.29) is 33.9 Å². The van der Waals surface area contributed by atoms with Crippen LogP contribution in [0.5, 0.6) is 0 Å². The molecule has 1 saturated heterocycles. The molecule has 0 aliphatic carbocycles. The third-order valence-electron chi connectivity index (χ3n) is 5.64. The maximum absolute atomic E-state index is 13.0. The summed E-state index contributed by atoms with van der Waals surface area (Å²) in [6.07, 6.45) is 1.71. The van der Waals surface area contributed by atoms with Crippen molar-refractivity contribution in [1.82, 2.24) is 14.2 Å². The number of nitrogens with one attached hydrogen (secondary N) is 1. The maximum Gasteiger partial charge on any atom is 0.244 e. The van der Waals surface area contributed by atoms with Crippen LogP contribution in [-0.2, 0) is 14.8 Å². The first-order valence-corrected chi connectivity index (χ1v) is 12.3. The van der Waals surface area contributed by atoms with Gasteiger partial charge in [-0.15, -0.1) is 0 Å². The first-order chi connectivity index (χ1) is 15.3. The number of nitrogens with zero attached hydrogens (tertiary/aromatic N) is 3. The van der Waals surface area contributed by atoms with Gasteiger partial charge in [0.25, 0.3) is 0 Å². The van der Waals surface area contributed by atoms with Crippen LogP contribution in [0.2, 0.25) is 10.0 Å². The summed E-state index contributed by atoms with van der Waals surface area (Å²) in [5.41, 5.74) is 1.50. The first kappa shape index (κ1) is 22.9. The molecule has 32 heavy (non-hydrogen) atoms. The van der Waals surface area contributed by atoms with Crippen molar-refractivity contribution in [3.63, 3.8) is 0 Å². The van der Waals surface area contributed by atoms with Gasteiger partial charge in [-0.1, -0.05) is 35.3 Å². The van der Waals surface area contributed by atoms with Crippen molar-refractivity contribution in [2.45, 2.75) is 17.9 Å². The highest BCUT2D eigenvalue weighted by atomic mass is 35.5. The molecule has 2 heterocycles. The summed E-state index contributed by atoms with van der Waals surface area (Å²) >= 11 is 12.1. The van der Waals surface area contributed by atoms with Crippen LogP contribution in [0.1, 0.15) is 6.92 Å². The Morgan fingerprint density at radius 3 is 2.50 bits per heavy atom. The number of hydrogen-bond donors (Lipinski definition) is 1. The maximum atomic E-state index is 13.0. The number of halogens is 2. The van der Waals surface area contributed by atoms with Crippen molar-refractivity contribution < 1.29 is 13.2 Å². The lowest BCUT2D eigenvalue weighted by Crippen LogP contribution is -2.53. The standard InChI is InChI=1S/C22H22Cl2N4O3S/c1-15(22(29)26-19-8-3-7-18-16(19)5-4-10-25-18)27-11-13-28(14-12-27)32(30,31)20-9-2-6-17(23)21(20)24/h2-10,15H,11-14H2,1H3,(H,26,29). The Morgan fingerprint density at radius 2 is 1.75 bits per heavy atom. The lowest BCUT2D eigenvalue weighted by atomic mass is 10.1. The number of rotatable bonds is 5. The second kappa shape index (κ2) is 9.33. The van der Waals surface area contributed by atoms with Gasteiger partial charge in [-0.3, -0.25) is 14.7 Å². The van der Waals surface area contributed by atoms with Crippen molar-refractivity contribution in [1.29, 1.82) is 0 Å². The Balaban J connectivity index is 1.42. The Labute approximate surface area is 197 Å². The van der Waals surface area contributed by atoms with E-state index in [4.69, 9.17) is 23.2 Å². The number of hydrogen-bond acceptors (Lipinski definition) is 5. The number of fused-ring (bicyclic) bond motifs is 1. The highest BCUT2D eigenvalue weighted by Crippen LogP contribution is 2.31. The highest BCUT2D eigenvalue weighted by Gasteiger charge is 2.33. The third-order valence-corrected chi connectivity index (χ3v) is 8.51. The van der Waals surface area contributed by atoms with E-state index in [1.165, 1.54) is 10.4 Å². The van der Waals surface area contributed by atoms with Gasteiger partial charge in [0.2, 0.25) is 15.9 Å². The van der Waals surface area contributed by atoms with E-state index in [9.17, 15) is 13.2 Å². The van der Waals surface area contributed by atoms with Gasteiger partial charge in [-0.05, 0) is 43.3 Å². The molecule has 168 valence electrons. The summed E-state index contributed by atoms with van der Waals surface area (Å²) in [7, 11) is -3.77. The smallest absolute Gasteiger partial charge is 0.244 e. The molecular weight excluding hydrogens is 471 g/mol. The molecule has 1 fully saturated rings. The van der Waals surface area contributed by atoms with Gasteiger partial charge >= 0.3 is 0 Å². The average molecular weight is 493 g/mol. The fraction of sp³-hybridized carbons (Fsp3) is 0.273.